The van der Waals surface area contributed by atoms with Crippen LogP contribution in [0.1, 0.15) is 0 Å². The van der Waals surface area contributed by atoms with Crippen molar-refractivity contribution >= 4 is 28.8 Å². The Labute approximate surface area is 166 Å². The molecule has 0 amide bonds. The number of hydrogen-bond donors (Lipinski definition) is 1. The monoisotopic (exact) mass is 374 g/mol. The number of benzene rings is 2. The van der Waals surface area contributed by atoms with Crippen LogP contribution in [-0.4, -0.2) is 50.2 Å². The van der Waals surface area contributed by atoms with Crippen molar-refractivity contribution in [3.05, 3.63) is 66.9 Å². The Morgan fingerprint density at radius 1 is 0.821 bits per heavy atom. The third-order valence-electron chi connectivity index (χ3n) is 5.01. The third-order valence-corrected chi connectivity index (χ3v) is 5.01. The van der Waals surface area contributed by atoms with E-state index in [1.165, 1.54) is 5.69 Å². The summed E-state index contributed by atoms with van der Waals surface area (Å²) in [6.45, 7) is 3.87. The molecule has 0 unspecified atom stereocenters. The van der Waals surface area contributed by atoms with Crippen molar-refractivity contribution in [3.8, 4) is 0 Å². The number of nitrogens with zero attached hydrogens (tertiary/aromatic N) is 5. The molecule has 4 rings (SSSR count). The fourth-order valence-corrected chi connectivity index (χ4v) is 3.39. The first-order chi connectivity index (χ1) is 13.7. The summed E-state index contributed by atoms with van der Waals surface area (Å²) in [6, 6.07) is 20.8. The minimum absolute atomic E-state index is 0.626. The topological polar surface area (TPSA) is 47.5 Å². The van der Waals surface area contributed by atoms with Crippen LogP contribution in [0.2, 0.25) is 0 Å². The molecule has 2 aromatic carbocycles. The number of piperazine rings is 1. The van der Waals surface area contributed by atoms with Gasteiger partial charge in [-0.1, -0.05) is 18.2 Å². The quantitative estimate of drug-likeness (QED) is 0.736. The minimum Gasteiger partial charge on any atom is -0.378 e. The molecule has 1 aliphatic heterocycles. The Balaban J connectivity index is 1.40. The zero-order chi connectivity index (χ0) is 19.3. The molecule has 3 aromatic rings. The molecular weight excluding hydrogens is 348 g/mol. The van der Waals surface area contributed by atoms with Gasteiger partial charge in [-0.2, -0.15) is 4.98 Å². The first-order valence-corrected chi connectivity index (χ1v) is 9.61. The number of aromatic nitrogens is 2. The van der Waals surface area contributed by atoms with Gasteiger partial charge in [0.25, 0.3) is 0 Å². The van der Waals surface area contributed by atoms with Crippen molar-refractivity contribution in [3.63, 3.8) is 0 Å². The standard InChI is InChI=1S/C22H26N6/c1-26(2)19-10-8-18(9-11-19)24-22-23-13-12-21(25-22)28-16-14-27(15-17-28)20-6-4-3-5-7-20/h3-13H,14-17H2,1-2H3,(H,23,24,25). The summed E-state index contributed by atoms with van der Waals surface area (Å²) < 4.78 is 0. The van der Waals surface area contributed by atoms with Crippen molar-refractivity contribution in [2.45, 2.75) is 0 Å². The fraction of sp³-hybridized carbons (Fsp3) is 0.273. The zero-order valence-electron chi connectivity index (χ0n) is 16.4. The number of para-hydroxylation sites is 1. The maximum Gasteiger partial charge on any atom is 0.229 e. The van der Waals surface area contributed by atoms with Gasteiger partial charge in [-0.3, -0.25) is 0 Å². The molecule has 6 heteroatoms. The summed E-state index contributed by atoms with van der Waals surface area (Å²) in [5.74, 6) is 1.59. The molecular formula is C22H26N6. The van der Waals surface area contributed by atoms with E-state index in [0.29, 0.717) is 5.95 Å². The van der Waals surface area contributed by atoms with Crippen LogP contribution in [0.15, 0.2) is 66.9 Å². The summed E-state index contributed by atoms with van der Waals surface area (Å²) in [5, 5.41) is 3.31. The van der Waals surface area contributed by atoms with E-state index in [0.717, 1.165) is 43.4 Å². The van der Waals surface area contributed by atoms with Crippen LogP contribution in [0.4, 0.5) is 28.8 Å². The lowest BCUT2D eigenvalue weighted by Crippen LogP contribution is -2.46. The molecule has 0 spiro atoms. The van der Waals surface area contributed by atoms with Gasteiger partial charge < -0.3 is 20.0 Å². The number of anilines is 5. The largest absolute Gasteiger partial charge is 0.378 e. The van der Waals surface area contributed by atoms with E-state index in [1.807, 2.05) is 38.5 Å². The Morgan fingerprint density at radius 2 is 1.50 bits per heavy atom. The van der Waals surface area contributed by atoms with Gasteiger partial charge in [0, 0.05) is 63.5 Å². The lowest BCUT2D eigenvalue weighted by Gasteiger charge is -2.36. The average Bonchev–Trinajstić information content (AvgIpc) is 2.75. The van der Waals surface area contributed by atoms with Crippen molar-refractivity contribution in [2.75, 3.05) is 60.3 Å². The number of nitrogens with one attached hydrogen (secondary N) is 1. The highest BCUT2D eigenvalue weighted by molar-refractivity contribution is 5.60. The Morgan fingerprint density at radius 3 is 2.18 bits per heavy atom. The Hall–Kier alpha value is -3.28. The molecule has 1 aliphatic rings. The molecule has 1 saturated heterocycles. The van der Waals surface area contributed by atoms with E-state index < -0.39 is 0 Å². The van der Waals surface area contributed by atoms with Gasteiger partial charge >= 0.3 is 0 Å². The van der Waals surface area contributed by atoms with Gasteiger partial charge in [-0.25, -0.2) is 4.98 Å². The Bertz CT molecular complexity index is 886. The lowest BCUT2D eigenvalue weighted by atomic mass is 10.2. The molecule has 1 N–H and O–H groups in total. The fourth-order valence-electron chi connectivity index (χ4n) is 3.39. The Kier molecular flexibility index (Phi) is 5.28. The van der Waals surface area contributed by atoms with E-state index in [9.17, 15) is 0 Å². The second-order valence-corrected chi connectivity index (χ2v) is 7.11. The van der Waals surface area contributed by atoms with Crippen LogP contribution in [0.3, 0.4) is 0 Å². The highest BCUT2D eigenvalue weighted by Gasteiger charge is 2.18. The highest BCUT2D eigenvalue weighted by atomic mass is 15.3. The summed E-state index contributed by atoms with van der Waals surface area (Å²) in [7, 11) is 4.07. The van der Waals surface area contributed by atoms with E-state index in [4.69, 9.17) is 4.98 Å². The highest BCUT2D eigenvalue weighted by Crippen LogP contribution is 2.22. The molecule has 2 heterocycles. The van der Waals surface area contributed by atoms with E-state index in [1.54, 1.807) is 0 Å². The van der Waals surface area contributed by atoms with Crippen molar-refractivity contribution in [1.29, 1.82) is 0 Å². The molecule has 144 valence electrons. The molecule has 1 fully saturated rings. The van der Waals surface area contributed by atoms with Crippen molar-refractivity contribution in [2.24, 2.45) is 0 Å². The second-order valence-electron chi connectivity index (χ2n) is 7.11. The van der Waals surface area contributed by atoms with Crippen molar-refractivity contribution < 1.29 is 0 Å². The molecule has 6 nitrogen and oxygen atoms in total. The first-order valence-electron chi connectivity index (χ1n) is 9.61. The predicted octanol–water partition coefficient (Wildman–Crippen LogP) is 3.61. The lowest BCUT2D eigenvalue weighted by molar-refractivity contribution is 0.647. The predicted molar refractivity (Wildman–Crippen MR) is 117 cm³/mol. The maximum absolute atomic E-state index is 4.72. The number of rotatable bonds is 5. The van der Waals surface area contributed by atoms with Gasteiger partial charge in [0.1, 0.15) is 5.82 Å². The van der Waals surface area contributed by atoms with Crippen LogP contribution in [0.25, 0.3) is 0 Å². The van der Waals surface area contributed by atoms with Gasteiger partial charge in [0.15, 0.2) is 0 Å². The van der Waals surface area contributed by atoms with Crippen LogP contribution < -0.4 is 20.0 Å². The summed E-state index contributed by atoms with van der Waals surface area (Å²) in [4.78, 5) is 15.9. The summed E-state index contributed by atoms with van der Waals surface area (Å²) in [6.07, 6.45) is 1.82. The molecule has 0 bridgehead atoms. The normalized spacial score (nSPS) is 14.1. The van der Waals surface area contributed by atoms with E-state index in [2.05, 4.69) is 67.5 Å². The third kappa shape index (κ3) is 4.17. The van der Waals surface area contributed by atoms with Crippen molar-refractivity contribution in [1.82, 2.24) is 9.97 Å². The molecule has 28 heavy (non-hydrogen) atoms. The molecule has 0 saturated carbocycles. The molecule has 1 aromatic heterocycles. The molecule has 0 radical (unpaired) electrons. The van der Waals surface area contributed by atoms with Gasteiger partial charge in [0.2, 0.25) is 5.95 Å². The van der Waals surface area contributed by atoms with Crippen LogP contribution >= 0.6 is 0 Å². The van der Waals surface area contributed by atoms with E-state index in [-0.39, 0.29) is 0 Å². The minimum atomic E-state index is 0.626. The SMILES string of the molecule is CN(C)c1ccc(Nc2nccc(N3CCN(c4ccccc4)CC3)n2)cc1. The van der Waals surface area contributed by atoms with Crippen LogP contribution in [-0.2, 0) is 0 Å². The molecule has 0 atom stereocenters. The van der Waals surface area contributed by atoms with Gasteiger partial charge in [0.05, 0.1) is 0 Å². The maximum atomic E-state index is 4.72. The average molecular weight is 374 g/mol. The van der Waals surface area contributed by atoms with Crippen LogP contribution in [0, 0.1) is 0 Å². The van der Waals surface area contributed by atoms with Crippen LogP contribution in [0.5, 0.6) is 0 Å². The van der Waals surface area contributed by atoms with Gasteiger partial charge in [-0.15, -0.1) is 0 Å². The second kappa shape index (κ2) is 8.17. The number of hydrogen-bond acceptors (Lipinski definition) is 6. The first kappa shape index (κ1) is 18.1. The smallest absolute Gasteiger partial charge is 0.229 e. The zero-order valence-corrected chi connectivity index (χ0v) is 16.4. The van der Waals surface area contributed by atoms with Gasteiger partial charge in [-0.05, 0) is 42.5 Å². The van der Waals surface area contributed by atoms with E-state index >= 15 is 0 Å². The summed E-state index contributed by atoms with van der Waals surface area (Å²) >= 11 is 0. The summed E-state index contributed by atoms with van der Waals surface area (Å²) in [5.41, 5.74) is 3.43. The molecule has 0 aliphatic carbocycles.